The molecule has 3 rings (SSSR count). The van der Waals surface area contributed by atoms with Gasteiger partial charge in [0.15, 0.2) is 0 Å². The maximum absolute atomic E-state index is 13.8. The summed E-state index contributed by atoms with van der Waals surface area (Å²) in [5, 5.41) is 12.3. The summed E-state index contributed by atoms with van der Waals surface area (Å²) in [6, 6.07) is 3.06. The van der Waals surface area contributed by atoms with Crippen molar-refractivity contribution < 1.29 is 27.6 Å². The smallest absolute Gasteiger partial charge is 0.374 e. The number of carbonyl (C=O) groups is 1. The molecule has 0 amide bonds. The maximum Gasteiger partial charge on any atom is 0.374 e. The number of carboxylic acids is 1. The van der Waals surface area contributed by atoms with E-state index >= 15 is 0 Å². The summed E-state index contributed by atoms with van der Waals surface area (Å²) in [5.41, 5.74) is -0.268. The van der Waals surface area contributed by atoms with E-state index in [0.717, 1.165) is 6.07 Å². The molecule has 0 bridgehead atoms. The highest BCUT2D eigenvalue weighted by atomic mass is 19.1. The predicted molar refractivity (Wildman–Crippen MR) is 58.6 cm³/mol. The lowest BCUT2D eigenvalue weighted by atomic mass is 10.1. The third kappa shape index (κ3) is 1.67. The maximum atomic E-state index is 13.8. The minimum atomic E-state index is -1.34. The summed E-state index contributed by atoms with van der Waals surface area (Å²) in [6.45, 7) is 0. The van der Waals surface area contributed by atoms with Crippen LogP contribution in [0.3, 0.4) is 0 Å². The van der Waals surface area contributed by atoms with Crippen LogP contribution in [-0.2, 0) is 0 Å². The van der Waals surface area contributed by atoms with Gasteiger partial charge in [0.05, 0.1) is 17.2 Å². The van der Waals surface area contributed by atoms with E-state index in [9.17, 15) is 13.6 Å². The van der Waals surface area contributed by atoms with Crippen molar-refractivity contribution >= 4 is 16.9 Å². The summed E-state index contributed by atoms with van der Waals surface area (Å²) in [4.78, 5) is 10.7. The van der Waals surface area contributed by atoms with Gasteiger partial charge < -0.3 is 14.0 Å². The number of furan rings is 1. The number of benzene rings is 1. The monoisotopic (exact) mass is 265 g/mol. The van der Waals surface area contributed by atoms with E-state index in [1.54, 1.807) is 0 Å². The fourth-order valence-electron chi connectivity index (χ4n) is 1.79. The van der Waals surface area contributed by atoms with Crippen molar-refractivity contribution in [3.05, 3.63) is 41.9 Å². The van der Waals surface area contributed by atoms with Gasteiger partial charge in [-0.1, -0.05) is 5.16 Å². The molecule has 0 radical (unpaired) electrons. The van der Waals surface area contributed by atoms with Gasteiger partial charge in [-0.05, 0) is 6.07 Å². The van der Waals surface area contributed by atoms with Crippen LogP contribution >= 0.6 is 0 Å². The van der Waals surface area contributed by atoms with Crippen LogP contribution in [0.5, 0.6) is 0 Å². The first-order valence-electron chi connectivity index (χ1n) is 5.13. The first-order valence-corrected chi connectivity index (χ1v) is 5.13. The normalized spacial score (nSPS) is 11.1. The minimum absolute atomic E-state index is 0.0530. The van der Waals surface area contributed by atoms with Gasteiger partial charge in [0.2, 0.25) is 5.76 Å². The second kappa shape index (κ2) is 3.91. The molecule has 1 N–H and O–H groups in total. The molecular weight excluding hydrogens is 260 g/mol. The van der Waals surface area contributed by atoms with Crippen LogP contribution in [0.2, 0.25) is 0 Å². The summed E-state index contributed by atoms with van der Waals surface area (Å²) >= 11 is 0. The largest absolute Gasteiger partial charge is 0.475 e. The Bertz CT molecular complexity index is 790. The fourth-order valence-corrected chi connectivity index (χ4v) is 1.79. The quantitative estimate of drug-likeness (QED) is 0.770. The summed E-state index contributed by atoms with van der Waals surface area (Å²) in [6.07, 6.45) is 1.20. The van der Waals surface area contributed by atoms with E-state index < -0.39 is 23.4 Å². The van der Waals surface area contributed by atoms with Gasteiger partial charge in [-0.25, -0.2) is 13.6 Å². The Hall–Kier alpha value is -2.70. The lowest BCUT2D eigenvalue weighted by molar-refractivity contribution is 0.0652. The van der Waals surface area contributed by atoms with Crippen molar-refractivity contribution in [2.45, 2.75) is 0 Å². The van der Waals surface area contributed by atoms with Gasteiger partial charge in [0.1, 0.15) is 22.9 Å². The van der Waals surface area contributed by atoms with E-state index in [-0.39, 0.29) is 22.2 Å². The topological polar surface area (TPSA) is 76.5 Å². The Morgan fingerprint density at radius 1 is 1.26 bits per heavy atom. The van der Waals surface area contributed by atoms with Gasteiger partial charge in [0, 0.05) is 12.1 Å². The van der Waals surface area contributed by atoms with E-state index in [1.165, 1.54) is 12.3 Å². The number of aromatic carboxylic acids is 1. The molecule has 0 spiro atoms. The van der Waals surface area contributed by atoms with Crippen molar-refractivity contribution in [3.63, 3.8) is 0 Å². The zero-order valence-electron chi connectivity index (χ0n) is 9.18. The number of fused-ring (bicyclic) bond motifs is 1. The molecule has 0 unspecified atom stereocenters. The van der Waals surface area contributed by atoms with Crippen LogP contribution in [-0.4, -0.2) is 16.2 Å². The molecule has 0 aliphatic rings. The highest BCUT2D eigenvalue weighted by molar-refractivity contribution is 5.93. The lowest BCUT2D eigenvalue weighted by Gasteiger charge is -2.00. The molecule has 0 saturated heterocycles. The van der Waals surface area contributed by atoms with Crippen LogP contribution in [0.25, 0.3) is 22.2 Å². The molecule has 2 aromatic heterocycles. The molecule has 1 aromatic carbocycles. The average Bonchev–Trinajstić information content (AvgIpc) is 2.97. The number of hydrogen-bond acceptors (Lipinski definition) is 4. The fraction of sp³-hybridized carbons (Fsp3) is 0. The van der Waals surface area contributed by atoms with E-state index in [4.69, 9.17) is 9.52 Å². The number of rotatable bonds is 2. The molecule has 5 nitrogen and oxygen atoms in total. The third-order valence-corrected chi connectivity index (χ3v) is 2.62. The van der Waals surface area contributed by atoms with Crippen molar-refractivity contribution in [3.8, 4) is 11.3 Å². The number of halogens is 2. The SMILES string of the molecule is O=C(O)c1cc(-c2c(F)cc(F)c3ccoc23)no1. The molecule has 96 valence electrons. The van der Waals surface area contributed by atoms with Crippen LogP contribution in [0, 0.1) is 11.6 Å². The highest BCUT2D eigenvalue weighted by Crippen LogP contribution is 2.33. The Morgan fingerprint density at radius 3 is 2.74 bits per heavy atom. The average molecular weight is 265 g/mol. The first-order chi connectivity index (χ1) is 9.08. The Balaban J connectivity index is 2.29. The molecule has 0 aliphatic carbocycles. The summed E-state index contributed by atoms with van der Waals surface area (Å²) in [7, 11) is 0. The van der Waals surface area contributed by atoms with Crippen molar-refractivity contribution in [2.24, 2.45) is 0 Å². The van der Waals surface area contributed by atoms with Crippen molar-refractivity contribution in [1.29, 1.82) is 0 Å². The van der Waals surface area contributed by atoms with Crippen LogP contribution in [0.1, 0.15) is 10.6 Å². The Labute approximate surface area is 104 Å². The van der Waals surface area contributed by atoms with Crippen molar-refractivity contribution in [2.75, 3.05) is 0 Å². The number of nitrogens with zero attached hydrogens (tertiary/aromatic N) is 1. The second-order valence-corrected chi connectivity index (χ2v) is 3.76. The van der Waals surface area contributed by atoms with E-state index in [1.807, 2.05) is 0 Å². The molecule has 0 atom stereocenters. The van der Waals surface area contributed by atoms with Crippen LogP contribution < -0.4 is 0 Å². The van der Waals surface area contributed by atoms with Crippen LogP contribution in [0.4, 0.5) is 8.78 Å². The summed E-state index contributed by atoms with van der Waals surface area (Å²) in [5.74, 6) is -3.47. The molecular formula is C12H5F2NO4. The van der Waals surface area contributed by atoms with Gasteiger partial charge >= 0.3 is 5.97 Å². The van der Waals surface area contributed by atoms with Crippen molar-refractivity contribution in [1.82, 2.24) is 5.16 Å². The Morgan fingerprint density at radius 2 is 2.05 bits per heavy atom. The predicted octanol–water partition coefficient (Wildman–Crippen LogP) is 3.06. The third-order valence-electron chi connectivity index (χ3n) is 2.62. The van der Waals surface area contributed by atoms with Gasteiger partial charge in [0.25, 0.3) is 0 Å². The van der Waals surface area contributed by atoms with E-state index in [2.05, 4.69) is 9.68 Å². The van der Waals surface area contributed by atoms with E-state index in [0.29, 0.717) is 6.07 Å². The highest BCUT2D eigenvalue weighted by Gasteiger charge is 2.21. The first kappa shape index (κ1) is 11.4. The second-order valence-electron chi connectivity index (χ2n) is 3.76. The molecule has 0 fully saturated rings. The van der Waals surface area contributed by atoms with Gasteiger partial charge in [-0.15, -0.1) is 0 Å². The zero-order valence-corrected chi connectivity index (χ0v) is 9.18. The van der Waals surface area contributed by atoms with Gasteiger partial charge in [-0.3, -0.25) is 0 Å². The molecule has 3 aromatic rings. The number of carboxylic acid groups (broad SMARTS) is 1. The molecule has 2 heterocycles. The lowest BCUT2D eigenvalue weighted by Crippen LogP contribution is -1.92. The molecule has 0 saturated carbocycles. The van der Waals surface area contributed by atoms with Gasteiger partial charge in [-0.2, -0.15) is 0 Å². The zero-order chi connectivity index (χ0) is 13.6. The standard InChI is InChI=1S/C12H5F2NO4/c13-6-3-7(14)10(11-5(6)1-2-18-11)8-4-9(12(16)17)19-15-8/h1-4H,(H,16,17). The molecule has 7 heteroatoms. The number of aromatic nitrogens is 1. The molecule has 19 heavy (non-hydrogen) atoms. The molecule has 0 aliphatic heterocycles. The summed E-state index contributed by atoms with van der Waals surface area (Å²) < 4.78 is 36.9. The number of hydrogen-bond donors (Lipinski definition) is 1. The minimum Gasteiger partial charge on any atom is -0.475 e. The van der Waals surface area contributed by atoms with Crippen LogP contribution in [0.15, 0.2) is 33.4 Å². The Kier molecular flexibility index (Phi) is 2.34.